The quantitative estimate of drug-likeness (QED) is 0.559. The zero-order valence-electron chi connectivity index (χ0n) is 10.5. The lowest BCUT2D eigenvalue weighted by atomic mass is 10.3. The predicted octanol–water partition coefficient (Wildman–Crippen LogP) is 1.65. The minimum absolute atomic E-state index is 0.692. The molecular formula is C12H9N7S. The molecule has 0 N–H and O–H groups in total. The van der Waals surface area contributed by atoms with Gasteiger partial charge in [-0.05, 0) is 18.2 Å². The van der Waals surface area contributed by atoms with Gasteiger partial charge in [0.05, 0.1) is 5.69 Å². The van der Waals surface area contributed by atoms with Crippen LogP contribution in [0.1, 0.15) is 0 Å². The van der Waals surface area contributed by atoms with Crippen molar-refractivity contribution >= 4 is 16.3 Å². The summed E-state index contributed by atoms with van der Waals surface area (Å²) >= 11 is 1.48. The van der Waals surface area contributed by atoms with Crippen LogP contribution in [-0.4, -0.2) is 34.6 Å². The third-order valence-corrected chi connectivity index (χ3v) is 3.87. The molecule has 4 aromatic heterocycles. The number of aryl methyl sites for hydroxylation is 1. The minimum atomic E-state index is 0.692. The molecule has 0 aliphatic rings. The van der Waals surface area contributed by atoms with Crippen LogP contribution >= 0.6 is 11.3 Å². The van der Waals surface area contributed by atoms with E-state index in [0.29, 0.717) is 5.82 Å². The van der Waals surface area contributed by atoms with Crippen LogP contribution in [0.5, 0.6) is 0 Å². The number of rotatable bonds is 2. The van der Waals surface area contributed by atoms with Crippen molar-refractivity contribution < 1.29 is 0 Å². The maximum absolute atomic E-state index is 4.57. The molecule has 0 amide bonds. The second kappa shape index (κ2) is 4.20. The van der Waals surface area contributed by atoms with E-state index >= 15 is 0 Å². The van der Waals surface area contributed by atoms with Crippen LogP contribution in [-0.2, 0) is 7.05 Å². The molecule has 8 heteroatoms. The standard InChI is InChI=1S/C12H9N7S/c1-18-9(4-6-14-18)11-17-19-10(15-16-12(19)20-11)8-3-2-5-13-7-8/h2-7H,1H3. The van der Waals surface area contributed by atoms with Crippen molar-refractivity contribution in [3.63, 3.8) is 0 Å². The number of hydrogen-bond donors (Lipinski definition) is 0. The summed E-state index contributed by atoms with van der Waals surface area (Å²) in [6.07, 6.45) is 5.23. The number of pyridine rings is 1. The summed E-state index contributed by atoms with van der Waals surface area (Å²) in [5, 5.41) is 17.9. The molecule has 0 aliphatic heterocycles. The van der Waals surface area contributed by atoms with Gasteiger partial charge in [-0.2, -0.15) is 14.7 Å². The topological polar surface area (TPSA) is 73.8 Å². The Balaban J connectivity index is 1.90. The molecule has 4 heterocycles. The lowest BCUT2D eigenvalue weighted by Gasteiger charge is -1.96. The number of nitrogens with zero attached hydrogens (tertiary/aromatic N) is 7. The maximum atomic E-state index is 4.57. The van der Waals surface area contributed by atoms with Gasteiger partial charge in [-0.3, -0.25) is 9.67 Å². The highest BCUT2D eigenvalue weighted by Crippen LogP contribution is 2.27. The molecule has 0 fully saturated rings. The summed E-state index contributed by atoms with van der Waals surface area (Å²) in [5.74, 6) is 0.692. The Labute approximate surface area is 117 Å². The van der Waals surface area contributed by atoms with Crippen molar-refractivity contribution in [1.29, 1.82) is 0 Å². The van der Waals surface area contributed by atoms with E-state index in [-0.39, 0.29) is 0 Å². The highest BCUT2D eigenvalue weighted by Gasteiger charge is 2.15. The fraction of sp³-hybridized carbons (Fsp3) is 0.0833. The number of fused-ring (bicyclic) bond motifs is 1. The first kappa shape index (κ1) is 11.2. The van der Waals surface area contributed by atoms with Crippen molar-refractivity contribution in [2.75, 3.05) is 0 Å². The normalized spacial score (nSPS) is 11.2. The Morgan fingerprint density at radius 1 is 1.15 bits per heavy atom. The van der Waals surface area contributed by atoms with E-state index in [1.807, 2.05) is 25.2 Å². The molecule has 0 aliphatic carbocycles. The van der Waals surface area contributed by atoms with E-state index < -0.39 is 0 Å². The molecule has 0 unspecified atom stereocenters. The van der Waals surface area contributed by atoms with Gasteiger partial charge in [0.15, 0.2) is 10.8 Å². The van der Waals surface area contributed by atoms with Crippen molar-refractivity contribution in [3.05, 3.63) is 36.8 Å². The van der Waals surface area contributed by atoms with Gasteiger partial charge < -0.3 is 0 Å². The zero-order chi connectivity index (χ0) is 13.5. The molecule has 4 aromatic rings. The van der Waals surface area contributed by atoms with E-state index in [9.17, 15) is 0 Å². The molecule has 4 rings (SSSR count). The van der Waals surface area contributed by atoms with Crippen LogP contribution in [0.4, 0.5) is 0 Å². The fourth-order valence-corrected chi connectivity index (χ4v) is 2.87. The van der Waals surface area contributed by atoms with Crippen molar-refractivity contribution in [1.82, 2.24) is 34.6 Å². The molecule has 0 spiro atoms. The van der Waals surface area contributed by atoms with Crippen LogP contribution in [0, 0.1) is 0 Å². The lowest BCUT2D eigenvalue weighted by molar-refractivity contribution is 0.772. The number of aromatic nitrogens is 7. The molecule has 98 valence electrons. The van der Waals surface area contributed by atoms with E-state index in [0.717, 1.165) is 21.2 Å². The summed E-state index contributed by atoms with van der Waals surface area (Å²) in [5.41, 5.74) is 1.85. The summed E-state index contributed by atoms with van der Waals surface area (Å²) in [4.78, 5) is 4.85. The summed E-state index contributed by atoms with van der Waals surface area (Å²) < 4.78 is 3.53. The maximum Gasteiger partial charge on any atom is 0.235 e. The Morgan fingerprint density at radius 3 is 2.85 bits per heavy atom. The van der Waals surface area contributed by atoms with E-state index in [1.165, 1.54) is 11.3 Å². The highest BCUT2D eigenvalue weighted by molar-refractivity contribution is 7.19. The van der Waals surface area contributed by atoms with Crippen LogP contribution in [0.3, 0.4) is 0 Å². The van der Waals surface area contributed by atoms with Gasteiger partial charge in [0.1, 0.15) is 0 Å². The smallest absolute Gasteiger partial charge is 0.235 e. The Hall–Kier alpha value is -2.61. The first-order valence-corrected chi connectivity index (χ1v) is 6.75. The monoisotopic (exact) mass is 283 g/mol. The van der Waals surface area contributed by atoms with E-state index in [1.54, 1.807) is 27.8 Å². The van der Waals surface area contributed by atoms with E-state index in [2.05, 4.69) is 25.4 Å². The average molecular weight is 283 g/mol. The SMILES string of the molecule is Cn1nccc1-c1nn2c(-c3cccnc3)nnc2s1. The highest BCUT2D eigenvalue weighted by atomic mass is 32.1. The zero-order valence-corrected chi connectivity index (χ0v) is 11.3. The van der Waals surface area contributed by atoms with Gasteiger partial charge in [0.25, 0.3) is 0 Å². The molecule has 7 nitrogen and oxygen atoms in total. The van der Waals surface area contributed by atoms with Gasteiger partial charge in [0, 0.05) is 31.2 Å². The van der Waals surface area contributed by atoms with Crippen LogP contribution in [0.15, 0.2) is 36.8 Å². The van der Waals surface area contributed by atoms with Crippen molar-refractivity contribution in [2.24, 2.45) is 7.05 Å². The van der Waals surface area contributed by atoms with Crippen LogP contribution in [0.25, 0.3) is 27.1 Å². The number of hydrogen-bond acceptors (Lipinski definition) is 6. The van der Waals surface area contributed by atoms with Crippen molar-refractivity contribution in [3.8, 4) is 22.1 Å². The largest absolute Gasteiger partial charge is 0.265 e. The molecule has 0 saturated heterocycles. The Bertz CT molecular complexity index is 874. The van der Waals surface area contributed by atoms with E-state index in [4.69, 9.17) is 0 Å². The third-order valence-electron chi connectivity index (χ3n) is 2.95. The minimum Gasteiger partial charge on any atom is -0.265 e. The van der Waals surface area contributed by atoms with Crippen LogP contribution in [0.2, 0.25) is 0 Å². The second-order valence-corrected chi connectivity index (χ2v) is 5.16. The summed E-state index contributed by atoms with van der Waals surface area (Å²) in [6.45, 7) is 0. The van der Waals surface area contributed by atoms with Gasteiger partial charge in [-0.1, -0.05) is 11.3 Å². The Morgan fingerprint density at radius 2 is 2.10 bits per heavy atom. The molecule has 0 bridgehead atoms. The van der Waals surface area contributed by atoms with Gasteiger partial charge in [-0.15, -0.1) is 10.2 Å². The second-order valence-electron chi connectivity index (χ2n) is 4.21. The van der Waals surface area contributed by atoms with Gasteiger partial charge in [0.2, 0.25) is 4.96 Å². The third kappa shape index (κ3) is 1.62. The van der Waals surface area contributed by atoms with Crippen LogP contribution < -0.4 is 0 Å². The lowest BCUT2D eigenvalue weighted by Crippen LogP contribution is -1.95. The summed E-state index contributed by atoms with van der Waals surface area (Å²) in [7, 11) is 1.89. The predicted molar refractivity (Wildman–Crippen MR) is 74.1 cm³/mol. The molecule has 0 radical (unpaired) electrons. The average Bonchev–Trinajstić information content (AvgIpc) is 3.13. The molecule has 0 aromatic carbocycles. The first-order valence-electron chi connectivity index (χ1n) is 5.94. The first-order chi connectivity index (χ1) is 9.83. The van der Waals surface area contributed by atoms with Gasteiger partial charge in [-0.25, -0.2) is 0 Å². The van der Waals surface area contributed by atoms with Crippen molar-refractivity contribution in [2.45, 2.75) is 0 Å². The molecular weight excluding hydrogens is 274 g/mol. The molecule has 0 atom stereocenters. The Kier molecular flexibility index (Phi) is 2.36. The molecule has 20 heavy (non-hydrogen) atoms. The van der Waals surface area contributed by atoms with Gasteiger partial charge >= 0.3 is 0 Å². The fourth-order valence-electron chi connectivity index (χ4n) is 1.98. The molecule has 0 saturated carbocycles. The summed E-state index contributed by atoms with van der Waals surface area (Å²) in [6, 6.07) is 5.73.